The molecule has 0 spiro atoms. The first-order valence-electron chi connectivity index (χ1n) is 7.14. The molecule has 3 heterocycles. The standard InChI is InChI=1S/C15H17N5OSSi/c1-23(2,3)14-10-18-13(21-14)5-4-11-8-19-15(22-11)20-12-9-16-6-7-17-12/h4-10H,1-3H3,(H,17,19,20)/b5-4+. The van der Waals surface area contributed by atoms with Gasteiger partial charge in [-0.15, -0.1) is 0 Å². The molecule has 0 saturated heterocycles. The molecule has 3 aromatic heterocycles. The molecule has 0 fully saturated rings. The van der Waals surface area contributed by atoms with Crippen molar-refractivity contribution in [2.75, 3.05) is 5.32 Å². The Kier molecular flexibility index (Phi) is 4.35. The SMILES string of the molecule is C[Si](C)(C)c1cnc(/C=C/c2cnc(Nc3cnccn3)s2)o1. The van der Waals surface area contributed by atoms with Crippen LogP contribution in [0.25, 0.3) is 12.2 Å². The van der Waals surface area contributed by atoms with E-state index in [4.69, 9.17) is 4.42 Å². The van der Waals surface area contributed by atoms with Crippen LogP contribution in [0.5, 0.6) is 0 Å². The van der Waals surface area contributed by atoms with Crippen LogP contribution >= 0.6 is 11.3 Å². The highest BCUT2D eigenvalue weighted by atomic mass is 32.1. The van der Waals surface area contributed by atoms with E-state index < -0.39 is 8.07 Å². The maximum atomic E-state index is 5.79. The van der Waals surface area contributed by atoms with Gasteiger partial charge in [0.15, 0.2) is 10.9 Å². The van der Waals surface area contributed by atoms with E-state index in [2.05, 4.69) is 44.9 Å². The van der Waals surface area contributed by atoms with Crippen molar-refractivity contribution < 1.29 is 4.42 Å². The zero-order valence-corrected chi connectivity index (χ0v) is 15.0. The first-order chi connectivity index (χ1) is 11.0. The van der Waals surface area contributed by atoms with Gasteiger partial charge in [0.2, 0.25) is 5.89 Å². The Labute approximate surface area is 139 Å². The summed E-state index contributed by atoms with van der Waals surface area (Å²) in [4.78, 5) is 17.8. The van der Waals surface area contributed by atoms with Gasteiger partial charge in [0, 0.05) is 29.5 Å². The van der Waals surface area contributed by atoms with Crippen molar-refractivity contribution in [2.24, 2.45) is 0 Å². The van der Waals surface area contributed by atoms with E-state index in [0.29, 0.717) is 11.7 Å². The normalized spacial score (nSPS) is 12.0. The molecule has 118 valence electrons. The first-order valence-corrected chi connectivity index (χ1v) is 11.5. The van der Waals surface area contributed by atoms with Gasteiger partial charge in [0.1, 0.15) is 13.5 Å². The van der Waals surface area contributed by atoms with Crippen LogP contribution < -0.4 is 10.7 Å². The Hall–Kier alpha value is -2.32. The van der Waals surface area contributed by atoms with Crippen molar-refractivity contribution in [1.82, 2.24) is 19.9 Å². The molecule has 0 aromatic carbocycles. The molecule has 0 aliphatic rings. The van der Waals surface area contributed by atoms with Crippen LogP contribution in [0.1, 0.15) is 10.8 Å². The first kappa shape index (κ1) is 15.6. The monoisotopic (exact) mass is 343 g/mol. The van der Waals surface area contributed by atoms with E-state index in [1.807, 2.05) is 18.3 Å². The number of anilines is 2. The van der Waals surface area contributed by atoms with Crippen LogP contribution in [0, 0.1) is 0 Å². The molecule has 23 heavy (non-hydrogen) atoms. The zero-order chi connectivity index (χ0) is 16.3. The number of hydrogen-bond acceptors (Lipinski definition) is 7. The number of oxazole rings is 1. The lowest BCUT2D eigenvalue weighted by Crippen LogP contribution is -2.36. The number of thiazole rings is 1. The fourth-order valence-corrected chi connectivity index (χ4v) is 3.35. The number of rotatable bonds is 5. The molecule has 0 bridgehead atoms. The minimum absolute atomic E-state index is 0.624. The van der Waals surface area contributed by atoms with E-state index in [1.165, 1.54) is 11.3 Å². The summed E-state index contributed by atoms with van der Waals surface area (Å²) in [6, 6.07) is 0. The molecular weight excluding hydrogens is 326 g/mol. The Morgan fingerprint density at radius 2 is 1.91 bits per heavy atom. The van der Waals surface area contributed by atoms with Gasteiger partial charge in [-0.1, -0.05) is 31.0 Å². The van der Waals surface area contributed by atoms with Crippen LogP contribution in [-0.2, 0) is 0 Å². The average Bonchev–Trinajstić information content (AvgIpc) is 3.15. The summed E-state index contributed by atoms with van der Waals surface area (Å²) >= 11 is 1.52. The fraction of sp³-hybridized carbons (Fsp3) is 0.200. The smallest absolute Gasteiger partial charge is 0.218 e. The third-order valence-electron chi connectivity index (χ3n) is 2.97. The van der Waals surface area contributed by atoms with Gasteiger partial charge in [-0.05, 0) is 6.08 Å². The van der Waals surface area contributed by atoms with Crippen LogP contribution in [0.3, 0.4) is 0 Å². The summed E-state index contributed by atoms with van der Waals surface area (Å²) in [6.07, 6.45) is 12.4. The Morgan fingerprint density at radius 3 is 2.61 bits per heavy atom. The molecule has 3 aromatic rings. The highest BCUT2D eigenvalue weighted by Crippen LogP contribution is 2.22. The lowest BCUT2D eigenvalue weighted by atomic mass is 10.4. The minimum Gasteiger partial charge on any atom is -0.447 e. The van der Waals surface area contributed by atoms with Crippen molar-refractivity contribution in [3.8, 4) is 0 Å². The Morgan fingerprint density at radius 1 is 1.04 bits per heavy atom. The summed E-state index contributed by atoms with van der Waals surface area (Å²) in [5, 5.41) is 4.88. The minimum atomic E-state index is -1.46. The van der Waals surface area contributed by atoms with Crippen molar-refractivity contribution in [1.29, 1.82) is 0 Å². The molecule has 0 amide bonds. The molecule has 3 rings (SSSR count). The van der Waals surface area contributed by atoms with E-state index in [1.54, 1.807) is 24.8 Å². The highest BCUT2D eigenvalue weighted by molar-refractivity contribution is 7.16. The van der Waals surface area contributed by atoms with E-state index in [9.17, 15) is 0 Å². The predicted molar refractivity (Wildman–Crippen MR) is 95.8 cm³/mol. The Balaban J connectivity index is 1.68. The molecule has 0 unspecified atom stereocenters. The topological polar surface area (TPSA) is 76.7 Å². The third kappa shape index (κ3) is 4.11. The van der Waals surface area contributed by atoms with E-state index in [0.717, 1.165) is 15.4 Å². The van der Waals surface area contributed by atoms with Crippen LogP contribution in [-0.4, -0.2) is 28.0 Å². The Bertz CT molecular complexity index is 807. The summed E-state index contributed by atoms with van der Waals surface area (Å²) in [5.74, 6) is 1.30. The lowest BCUT2D eigenvalue weighted by molar-refractivity contribution is 0.574. The largest absolute Gasteiger partial charge is 0.447 e. The van der Waals surface area contributed by atoms with Gasteiger partial charge >= 0.3 is 0 Å². The summed E-state index contributed by atoms with van der Waals surface area (Å²) < 4.78 is 5.79. The fourth-order valence-electron chi connectivity index (χ4n) is 1.76. The van der Waals surface area contributed by atoms with Crippen LogP contribution in [0.4, 0.5) is 10.9 Å². The molecule has 0 atom stereocenters. The molecule has 8 heteroatoms. The second-order valence-electron chi connectivity index (χ2n) is 5.93. The van der Waals surface area contributed by atoms with Crippen molar-refractivity contribution in [3.05, 3.63) is 41.8 Å². The van der Waals surface area contributed by atoms with Gasteiger partial charge in [0.25, 0.3) is 0 Å². The average molecular weight is 343 g/mol. The zero-order valence-electron chi connectivity index (χ0n) is 13.1. The van der Waals surface area contributed by atoms with Crippen molar-refractivity contribution in [3.63, 3.8) is 0 Å². The lowest BCUT2D eigenvalue weighted by Gasteiger charge is -2.09. The quantitative estimate of drug-likeness (QED) is 0.716. The third-order valence-corrected chi connectivity index (χ3v) is 5.56. The van der Waals surface area contributed by atoms with Gasteiger partial charge in [-0.25, -0.2) is 15.0 Å². The van der Waals surface area contributed by atoms with Crippen molar-refractivity contribution in [2.45, 2.75) is 19.6 Å². The second-order valence-corrected chi connectivity index (χ2v) is 12.0. The van der Waals surface area contributed by atoms with Crippen LogP contribution in [0.15, 0.2) is 35.4 Å². The highest BCUT2D eigenvalue weighted by Gasteiger charge is 2.21. The number of hydrogen-bond donors (Lipinski definition) is 1. The van der Waals surface area contributed by atoms with Gasteiger partial charge in [-0.3, -0.25) is 4.98 Å². The molecule has 6 nitrogen and oxygen atoms in total. The molecule has 1 N–H and O–H groups in total. The predicted octanol–water partition coefficient (Wildman–Crippen LogP) is 3.38. The number of nitrogens with one attached hydrogen (secondary N) is 1. The van der Waals surface area contributed by atoms with Crippen molar-refractivity contribution >= 4 is 47.9 Å². The number of aromatic nitrogens is 4. The van der Waals surface area contributed by atoms with Gasteiger partial charge < -0.3 is 9.73 Å². The van der Waals surface area contributed by atoms with Gasteiger partial charge in [-0.2, -0.15) is 0 Å². The maximum Gasteiger partial charge on any atom is 0.218 e. The molecule has 0 aliphatic carbocycles. The summed E-state index contributed by atoms with van der Waals surface area (Å²) in [7, 11) is -1.46. The molecule has 0 radical (unpaired) electrons. The molecule has 0 saturated carbocycles. The van der Waals surface area contributed by atoms with Gasteiger partial charge in [0.05, 0.1) is 12.4 Å². The molecule has 0 aliphatic heterocycles. The summed E-state index contributed by atoms with van der Waals surface area (Å²) in [6.45, 7) is 6.69. The summed E-state index contributed by atoms with van der Waals surface area (Å²) in [5.41, 5.74) is 0. The second kappa shape index (κ2) is 6.43. The van der Waals surface area contributed by atoms with E-state index >= 15 is 0 Å². The van der Waals surface area contributed by atoms with E-state index in [-0.39, 0.29) is 0 Å². The van der Waals surface area contributed by atoms with Crippen LogP contribution in [0.2, 0.25) is 19.6 Å². The molecular formula is C15H17N5OSSi. The number of nitrogens with zero attached hydrogens (tertiary/aromatic N) is 4. The maximum absolute atomic E-state index is 5.79.